The fourth-order valence-corrected chi connectivity index (χ4v) is 2.79. The summed E-state index contributed by atoms with van der Waals surface area (Å²) in [7, 11) is 0. The lowest BCUT2D eigenvalue weighted by atomic mass is 9.80. The zero-order chi connectivity index (χ0) is 13.5. The lowest BCUT2D eigenvalue weighted by Gasteiger charge is -2.33. The Morgan fingerprint density at radius 3 is 2.67 bits per heavy atom. The van der Waals surface area contributed by atoms with Crippen LogP contribution in [0.15, 0.2) is 0 Å². The van der Waals surface area contributed by atoms with Gasteiger partial charge in [-0.1, -0.05) is 20.8 Å². The van der Waals surface area contributed by atoms with E-state index in [2.05, 4.69) is 38.3 Å². The van der Waals surface area contributed by atoms with Crippen LogP contribution in [0, 0.1) is 11.8 Å². The molecule has 1 aliphatic carbocycles. The van der Waals surface area contributed by atoms with Crippen molar-refractivity contribution in [2.24, 2.45) is 11.8 Å². The third kappa shape index (κ3) is 5.38. The highest BCUT2D eigenvalue weighted by atomic mass is 16.1. The second-order valence-electron chi connectivity index (χ2n) is 6.08. The minimum atomic E-state index is 0.175. The smallest absolute Gasteiger partial charge is 0.221 e. The van der Waals surface area contributed by atoms with Gasteiger partial charge in [-0.3, -0.25) is 4.79 Å². The molecule has 3 heteroatoms. The summed E-state index contributed by atoms with van der Waals surface area (Å²) >= 11 is 0. The first-order chi connectivity index (χ1) is 8.52. The fourth-order valence-electron chi connectivity index (χ4n) is 2.79. The SMILES string of the molecule is CCC(C)NC(=O)CCNC1CCC(C)CC1C. The van der Waals surface area contributed by atoms with Gasteiger partial charge in [-0.25, -0.2) is 0 Å². The van der Waals surface area contributed by atoms with Crippen LogP contribution in [0.4, 0.5) is 0 Å². The van der Waals surface area contributed by atoms with Gasteiger partial charge in [0.1, 0.15) is 0 Å². The number of rotatable bonds is 6. The van der Waals surface area contributed by atoms with Gasteiger partial charge in [0.15, 0.2) is 0 Å². The second kappa shape index (κ2) is 7.78. The standard InChI is InChI=1S/C15H30N2O/c1-5-13(4)17-15(18)8-9-16-14-7-6-11(2)10-12(14)3/h11-14,16H,5-10H2,1-4H3,(H,17,18). The second-order valence-corrected chi connectivity index (χ2v) is 6.08. The summed E-state index contributed by atoms with van der Waals surface area (Å²) < 4.78 is 0. The van der Waals surface area contributed by atoms with Crippen molar-refractivity contribution in [2.75, 3.05) is 6.54 Å². The quantitative estimate of drug-likeness (QED) is 0.765. The van der Waals surface area contributed by atoms with Crippen molar-refractivity contribution in [1.82, 2.24) is 10.6 Å². The summed E-state index contributed by atoms with van der Waals surface area (Å²) in [4.78, 5) is 11.6. The van der Waals surface area contributed by atoms with Crippen molar-refractivity contribution in [1.29, 1.82) is 0 Å². The summed E-state index contributed by atoms with van der Waals surface area (Å²) in [5, 5.41) is 6.56. The van der Waals surface area contributed by atoms with Gasteiger partial charge in [-0.05, 0) is 44.4 Å². The molecule has 2 N–H and O–H groups in total. The largest absolute Gasteiger partial charge is 0.354 e. The highest BCUT2D eigenvalue weighted by Crippen LogP contribution is 2.28. The summed E-state index contributed by atoms with van der Waals surface area (Å²) in [5.41, 5.74) is 0. The predicted molar refractivity (Wildman–Crippen MR) is 76.5 cm³/mol. The molecule has 1 amide bonds. The minimum Gasteiger partial charge on any atom is -0.354 e. The van der Waals surface area contributed by atoms with Crippen LogP contribution in [0.3, 0.4) is 0 Å². The van der Waals surface area contributed by atoms with E-state index in [9.17, 15) is 4.79 Å². The maximum absolute atomic E-state index is 11.6. The van der Waals surface area contributed by atoms with Gasteiger partial charge >= 0.3 is 0 Å². The molecule has 1 aliphatic rings. The topological polar surface area (TPSA) is 41.1 Å². The van der Waals surface area contributed by atoms with Crippen molar-refractivity contribution < 1.29 is 4.79 Å². The average molecular weight is 254 g/mol. The van der Waals surface area contributed by atoms with Crippen molar-refractivity contribution in [2.45, 2.75) is 71.9 Å². The molecular weight excluding hydrogens is 224 g/mol. The molecule has 0 aromatic carbocycles. The Morgan fingerprint density at radius 1 is 1.33 bits per heavy atom. The van der Waals surface area contributed by atoms with E-state index in [0.29, 0.717) is 18.5 Å². The highest BCUT2D eigenvalue weighted by molar-refractivity contribution is 5.76. The molecule has 0 spiro atoms. The summed E-state index contributed by atoms with van der Waals surface area (Å²) in [6, 6.07) is 0.907. The normalized spacial score (nSPS) is 29.9. The lowest BCUT2D eigenvalue weighted by Crippen LogP contribution is -2.41. The van der Waals surface area contributed by atoms with E-state index in [1.807, 2.05) is 0 Å². The van der Waals surface area contributed by atoms with Gasteiger partial charge in [0.2, 0.25) is 5.91 Å². The van der Waals surface area contributed by atoms with Crippen molar-refractivity contribution >= 4 is 5.91 Å². The van der Waals surface area contributed by atoms with E-state index in [1.165, 1.54) is 19.3 Å². The van der Waals surface area contributed by atoms with Gasteiger partial charge < -0.3 is 10.6 Å². The number of nitrogens with one attached hydrogen (secondary N) is 2. The molecule has 0 bridgehead atoms. The van der Waals surface area contributed by atoms with E-state index in [4.69, 9.17) is 0 Å². The lowest BCUT2D eigenvalue weighted by molar-refractivity contribution is -0.121. The summed E-state index contributed by atoms with van der Waals surface area (Å²) in [5.74, 6) is 1.78. The van der Waals surface area contributed by atoms with E-state index in [1.54, 1.807) is 0 Å². The monoisotopic (exact) mass is 254 g/mol. The average Bonchev–Trinajstić information content (AvgIpc) is 2.31. The number of carbonyl (C=O) groups excluding carboxylic acids is 1. The molecular formula is C15H30N2O. The zero-order valence-electron chi connectivity index (χ0n) is 12.5. The number of carbonyl (C=O) groups is 1. The predicted octanol–water partition coefficient (Wildman–Crippen LogP) is 2.71. The molecule has 18 heavy (non-hydrogen) atoms. The van der Waals surface area contributed by atoms with Crippen LogP contribution >= 0.6 is 0 Å². The molecule has 4 atom stereocenters. The molecule has 1 fully saturated rings. The maximum Gasteiger partial charge on any atom is 0.221 e. The van der Waals surface area contributed by atoms with Gasteiger partial charge in [0.25, 0.3) is 0 Å². The van der Waals surface area contributed by atoms with Crippen LogP contribution in [0.1, 0.15) is 59.8 Å². The van der Waals surface area contributed by atoms with Gasteiger partial charge in [0, 0.05) is 25.0 Å². The van der Waals surface area contributed by atoms with Crippen LogP contribution in [0.5, 0.6) is 0 Å². The Labute approximate surface area is 112 Å². The first-order valence-electron chi connectivity index (χ1n) is 7.55. The molecule has 1 rings (SSSR count). The molecule has 0 aliphatic heterocycles. The zero-order valence-corrected chi connectivity index (χ0v) is 12.5. The van der Waals surface area contributed by atoms with Crippen LogP contribution in [0.25, 0.3) is 0 Å². The van der Waals surface area contributed by atoms with Crippen molar-refractivity contribution in [3.8, 4) is 0 Å². The summed E-state index contributed by atoms with van der Waals surface area (Å²) in [6.07, 6.45) is 5.49. The van der Waals surface area contributed by atoms with Crippen molar-refractivity contribution in [3.05, 3.63) is 0 Å². The van der Waals surface area contributed by atoms with E-state index in [-0.39, 0.29) is 5.91 Å². The Kier molecular flexibility index (Phi) is 6.69. The minimum absolute atomic E-state index is 0.175. The molecule has 0 heterocycles. The first-order valence-corrected chi connectivity index (χ1v) is 7.55. The third-order valence-electron chi connectivity index (χ3n) is 4.21. The van der Waals surface area contributed by atoms with Crippen LogP contribution < -0.4 is 10.6 Å². The molecule has 0 aromatic rings. The van der Waals surface area contributed by atoms with E-state index < -0.39 is 0 Å². The molecule has 106 valence electrons. The Hall–Kier alpha value is -0.570. The fraction of sp³-hybridized carbons (Fsp3) is 0.933. The van der Waals surface area contributed by atoms with Crippen LogP contribution in [-0.4, -0.2) is 24.5 Å². The highest BCUT2D eigenvalue weighted by Gasteiger charge is 2.24. The number of amides is 1. The number of hydrogen-bond donors (Lipinski definition) is 2. The van der Waals surface area contributed by atoms with Gasteiger partial charge in [-0.15, -0.1) is 0 Å². The van der Waals surface area contributed by atoms with Crippen molar-refractivity contribution in [3.63, 3.8) is 0 Å². The van der Waals surface area contributed by atoms with Gasteiger partial charge in [-0.2, -0.15) is 0 Å². The Morgan fingerprint density at radius 2 is 2.06 bits per heavy atom. The summed E-state index contributed by atoms with van der Waals surface area (Å²) in [6.45, 7) is 9.62. The van der Waals surface area contributed by atoms with E-state index in [0.717, 1.165) is 24.8 Å². The molecule has 1 saturated carbocycles. The number of hydrogen-bond acceptors (Lipinski definition) is 2. The first kappa shape index (κ1) is 15.5. The molecule has 4 unspecified atom stereocenters. The van der Waals surface area contributed by atoms with E-state index >= 15 is 0 Å². The third-order valence-corrected chi connectivity index (χ3v) is 4.21. The molecule has 0 aromatic heterocycles. The van der Waals surface area contributed by atoms with Crippen LogP contribution in [-0.2, 0) is 4.79 Å². The maximum atomic E-state index is 11.6. The Bertz CT molecular complexity index is 255. The molecule has 0 radical (unpaired) electrons. The Balaban J connectivity index is 2.15. The van der Waals surface area contributed by atoms with Crippen LogP contribution in [0.2, 0.25) is 0 Å². The molecule has 3 nitrogen and oxygen atoms in total. The van der Waals surface area contributed by atoms with Gasteiger partial charge in [0.05, 0.1) is 0 Å². The molecule has 0 saturated heterocycles.